The normalized spacial score (nSPS) is 23.5. The number of fused-ring (bicyclic) bond motifs is 3. The summed E-state index contributed by atoms with van der Waals surface area (Å²) in [6.07, 6.45) is 3.57. The Morgan fingerprint density at radius 3 is 2.82 bits per heavy atom. The van der Waals surface area contributed by atoms with E-state index < -0.39 is 0 Å². The zero-order valence-corrected chi connectivity index (χ0v) is 17.1. The molecule has 0 aromatic heterocycles. The number of likely N-dealkylation sites (tertiary alicyclic amines) is 1. The molecule has 4 heteroatoms. The van der Waals surface area contributed by atoms with Crippen LogP contribution in [0.3, 0.4) is 0 Å². The molecule has 0 radical (unpaired) electrons. The number of likely N-dealkylation sites (N-methyl/N-ethyl adjacent to an activating group) is 1. The molecule has 3 aliphatic rings. The lowest BCUT2D eigenvalue weighted by molar-refractivity contribution is 0.191. The molecule has 0 unspecified atom stereocenters. The second-order valence-corrected chi connectivity index (χ2v) is 8.51. The number of hydrogen-bond acceptors (Lipinski definition) is 4. The lowest BCUT2D eigenvalue weighted by Crippen LogP contribution is -2.49. The number of benzene rings is 2. The van der Waals surface area contributed by atoms with Crippen LogP contribution in [-0.2, 0) is 6.42 Å². The first kappa shape index (κ1) is 17.9. The maximum absolute atomic E-state index is 5.51. The molecule has 148 valence electrons. The fourth-order valence-corrected chi connectivity index (χ4v) is 5.58. The topological polar surface area (TPSA) is 19.0 Å². The number of nitrogens with zero attached hydrogens (tertiary/aromatic N) is 3. The number of ether oxygens (including phenoxy) is 1. The molecule has 5 rings (SSSR count). The summed E-state index contributed by atoms with van der Waals surface area (Å²) < 4.78 is 5.51. The van der Waals surface area contributed by atoms with Crippen molar-refractivity contribution in [3.8, 4) is 5.75 Å². The number of methoxy groups -OCH3 is 1. The van der Waals surface area contributed by atoms with Crippen molar-refractivity contribution in [2.24, 2.45) is 0 Å². The predicted octanol–water partition coefficient (Wildman–Crippen LogP) is 3.76. The van der Waals surface area contributed by atoms with E-state index in [1.165, 1.54) is 56.0 Å². The van der Waals surface area contributed by atoms with Crippen LogP contribution in [0.5, 0.6) is 5.75 Å². The van der Waals surface area contributed by atoms with Gasteiger partial charge in [0, 0.05) is 45.2 Å². The van der Waals surface area contributed by atoms with Crippen LogP contribution in [0.1, 0.15) is 29.9 Å². The number of para-hydroxylation sites is 2. The van der Waals surface area contributed by atoms with Crippen molar-refractivity contribution in [1.29, 1.82) is 0 Å². The molecular formula is C24H31N3O. The first-order chi connectivity index (χ1) is 13.8. The maximum Gasteiger partial charge on any atom is 0.122 e. The molecule has 3 aliphatic heterocycles. The zero-order chi connectivity index (χ0) is 19.1. The van der Waals surface area contributed by atoms with Gasteiger partial charge in [0.15, 0.2) is 0 Å². The average Bonchev–Trinajstić information content (AvgIpc) is 3.05. The smallest absolute Gasteiger partial charge is 0.122 e. The minimum absolute atomic E-state index is 0.668. The molecule has 2 aromatic carbocycles. The maximum atomic E-state index is 5.51. The minimum atomic E-state index is 0.668. The summed E-state index contributed by atoms with van der Waals surface area (Å²) in [6, 6.07) is 16.1. The van der Waals surface area contributed by atoms with Gasteiger partial charge in [-0.05, 0) is 49.1 Å². The van der Waals surface area contributed by atoms with Gasteiger partial charge in [-0.3, -0.25) is 0 Å². The van der Waals surface area contributed by atoms with E-state index in [2.05, 4.69) is 64.2 Å². The van der Waals surface area contributed by atoms with Gasteiger partial charge in [-0.15, -0.1) is 0 Å². The Morgan fingerprint density at radius 2 is 1.93 bits per heavy atom. The van der Waals surface area contributed by atoms with Gasteiger partial charge in [-0.25, -0.2) is 0 Å². The fourth-order valence-electron chi connectivity index (χ4n) is 5.58. The van der Waals surface area contributed by atoms with Crippen molar-refractivity contribution in [2.75, 3.05) is 56.7 Å². The van der Waals surface area contributed by atoms with Gasteiger partial charge >= 0.3 is 0 Å². The van der Waals surface area contributed by atoms with Crippen LogP contribution < -0.4 is 14.5 Å². The Bertz CT molecular complexity index is 851. The fraction of sp³-hybridized carbons (Fsp3) is 0.500. The summed E-state index contributed by atoms with van der Waals surface area (Å²) in [5.41, 5.74) is 5.88. The molecule has 1 saturated heterocycles. The van der Waals surface area contributed by atoms with Crippen LogP contribution in [0.4, 0.5) is 11.4 Å². The molecule has 0 spiro atoms. The molecular weight excluding hydrogens is 346 g/mol. The molecule has 28 heavy (non-hydrogen) atoms. The lowest BCUT2D eigenvalue weighted by Gasteiger charge is -2.41. The number of piperidine rings is 1. The van der Waals surface area contributed by atoms with E-state index in [1.807, 2.05) is 0 Å². The third-order valence-electron chi connectivity index (χ3n) is 6.99. The van der Waals surface area contributed by atoms with Crippen LogP contribution in [0, 0.1) is 0 Å². The van der Waals surface area contributed by atoms with Gasteiger partial charge in [-0.2, -0.15) is 0 Å². The molecule has 0 aliphatic carbocycles. The zero-order valence-electron chi connectivity index (χ0n) is 17.1. The highest BCUT2D eigenvalue weighted by atomic mass is 16.5. The molecule has 0 bridgehead atoms. The van der Waals surface area contributed by atoms with Crippen molar-refractivity contribution in [3.63, 3.8) is 0 Å². The summed E-state index contributed by atoms with van der Waals surface area (Å²) in [5, 5.41) is 0. The van der Waals surface area contributed by atoms with Crippen LogP contribution in [0.25, 0.3) is 0 Å². The minimum Gasteiger partial charge on any atom is -0.496 e. The SMILES string of the molecule is COc1ccccc1CCCN1CC[C@@H]2[C@H](C1)c1cccc3c1N2CCN3C. The summed E-state index contributed by atoms with van der Waals surface area (Å²) in [4.78, 5) is 7.84. The standard InChI is InChI=1S/C24H31N3O/c1-25-15-16-27-21-12-14-26(13-6-8-18-7-3-4-11-23(18)28-2)17-20(21)19-9-5-10-22(25)24(19)27/h3-5,7,9-11,20-21H,6,8,12-17H2,1-2H3/t20-,21-/m1/s1. The first-order valence-corrected chi connectivity index (χ1v) is 10.7. The van der Waals surface area contributed by atoms with Crippen LogP contribution >= 0.6 is 0 Å². The lowest BCUT2D eigenvalue weighted by atomic mass is 9.89. The Morgan fingerprint density at radius 1 is 1.04 bits per heavy atom. The third kappa shape index (κ3) is 2.95. The summed E-state index contributed by atoms with van der Waals surface area (Å²) in [7, 11) is 4.00. The Balaban J connectivity index is 1.26. The van der Waals surface area contributed by atoms with E-state index in [0.29, 0.717) is 12.0 Å². The average molecular weight is 378 g/mol. The highest BCUT2D eigenvalue weighted by Gasteiger charge is 2.44. The van der Waals surface area contributed by atoms with Crippen LogP contribution in [0.2, 0.25) is 0 Å². The quantitative estimate of drug-likeness (QED) is 0.790. The summed E-state index contributed by atoms with van der Waals surface area (Å²) >= 11 is 0. The molecule has 0 N–H and O–H groups in total. The van der Waals surface area contributed by atoms with Crippen molar-refractivity contribution < 1.29 is 4.74 Å². The highest BCUT2D eigenvalue weighted by molar-refractivity contribution is 5.80. The number of anilines is 2. The first-order valence-electron chi connectivity index (χ1n) is 10.7. The molecule has 2 atom stereocenters. The number of aryl methyl sites for hydroxylation is 1. The van der Waals surface area contributed by atoms with Gasteiger partial charge in [0.25, 0.3) is 0 Å². The van der Waals surface area contributed by atoms with Gasteiger partial charge in [0.1, 0.15) is 5.75 Å². The number of hydrogen-bond donors (Lipinski definition) is 0. The second-order valence-electron chi connectivity index (χ2n) is 8.51. The molecule has 1 fully saturated rings. The summed E-state index contributed by atoms with van der Waals surface area (Å²) in [6.45, 7) is 5.92. The Kier molecular flexibility index (Phi) is 4.67. The van der Waals surface area contributed by atoms with E-state index in [9.17, 15) is 0 Å². The second kappa shape index (κ2) is 7.32. The van der Waals surface area contributed by atoms with Gasteiger partial charge < -0.3 is 19.4 Å². The monoisotopic (exact) mass is 377 g/mol. The Hall–Kier alpha value is -2.20. The Labute approximate surface area is 168 Å². The molecule has 3 heterocycles. The van der Waals surface area contributed by atoms with Gasteiger partial charge in [0.05, 0.1) is 18.5 Å². The highest BCUT2D eigenvalue weighted by Crippen LogP contribution is 2.50. The van der Waals surface area contributed by atoms with Crippen LogP contribution in [-0.4, -0.2) is 57.8 Å². The molecule has 0 saturated carbocycles. The van der Waals surface area contributed by atoms with E-state index >= 15 is 0 Å². The predicted molar refractivity (Wildman–Crippen MR) is 116 cm³/mol. The van der Waals surface area contributed by atoms with E-state index in [4.69, 9.17) is 4.74 Å². The summed E-state index contributed by atoms with van der Waals surface area (Å²) in [5.74, 6) is 1.69. The van der Waals surface area contributed by atoms with Gasteiger partial charge in [0.2, 0.25) is 0 Å². The number of rotatable bonds is 5. The van der Waals surface area contributed by atoms with E-state index in [-0.39, 0.29) is 0 Å². The van der Waals surface area contributed by atoms with E-state index in [0.717, 1.165) is 18.7 Å². The van der Waals surface area contributed by atoms with Crippen LogP contribution in [0.15, 0.2) is 42.5 Å². The van der Waals surface area contributed by atoms with Crippen molar-refractivity contribution >= 4 is 11.4 Å². The largest absolute Gasteiger partial charge is 0.496 e. The molecule has 0 amide bonds. The van der Waals surface area contributed by atoms with E-state index in [1.54, 1.807) is 12.7 Å². The van der Waals surface area contributed by atoms with Crippen molar-refractivity contribution in [3.05, 3.63) is 53.6 Å². The molecule has 4 nitrogen and oxygen atoms in total. The molecule has 2 aromatic rings. The van der Waals surface area contributed by atoms with Crippen molar-refractivity contribution in [1.82, 2.24) is 4.90 Å². The van der Waals surface area contributed by atoms with Crippen molar-refractivity contribution in [2.45, 2.75) is 31.2 Å². The van der Waals surface area contributed by atoms with Gasteiger partial charge in [-0.1, -0.05) is 30.3 Å². The third-order valence-corrected chi connectivity index (χ3v) is 6.99.